The summed E-state index contributed by atoms with van der Waals surface area (Å²) in [5, 5.41) is 0. The van der Waals surface area contributed by atoms with Crippen molar-refractivity contribution in [1.29, 1.82) is 0 Å². The number of carbonyl (C=O) groups excluding carboxylic acids is 2. The molecule has 0 saturated carbocycles. The van der Waals surface area contributed by atoms with Gasteiger partial charge < -0.3 is 19.1 Å². The standard InChI is InChI=1S/C40H44F3NO5S/c1-28(2)49-39(46)37-21-19-34(50-37)17-10-22-44-35(36(25-38(44)45)48-27-30-13-7-4-8-14-30)20-18-33(47-26-29-11-5-3-6-12-29)24-31-15-9-16-32(23-31)40(41,42)43/h3-9,11-16,19,21,23,28,33,35-36H,10,17-18,20,22,24-27H2,1-2H3/t33-,35+,36-/m1/s1. The van der Waals surface area contributed by atoms with Gasteiger partial charge in [-0.15, -0.1) is 11.3 Å². The van der Waals surface area contributed by atoms with E-state index in [0.717, 1.165) is 22.1 Å². The first-order valence-electron chi connectivity index (χ1n) is 17.1. The van der Waals surface area contributed by atoms with E-state index in [1.165, 1.54) is 23.5 Å². The zero-order valence-electron chi connectivity index (χ0n) is 28.4. The Morgan fingerprint density at radius 3 is 2.26 bits per heavy atom. The second kappa shape index (κ2) is 17.8. The molecule has 4 aromatic rings. The van der Waals surface area contributed by atoms with Crippen molar-refractivity contribution in [3.63, 3.8) is 0 Å². The van der Waals surface area contributed by atoms with E-state index in [2.05, 4.69) is 0 Å². The lowest BCUT2D eigenvalue weighted by Gasteiger charge is -2.30. The Morgan fingerprint density at radius 1 is 0.900 bits per heavy atom. The van der Waals surface area contributed by atoms with Crippen LogP contribution in [0.4, 0.5) is 13.2 Å². The Labute approximate surface area is 296 Å². The molecule has 1 fully saturated rings. The van der Waals surface area contributed by atoms with Crippen LogP contribution in [-0.4, -0.2) is 47.7 Å². The molecule has 1 aliphatic heterocycles. The fourth-order valence-corrected chi connectivity index (χ4v) is 7.17. The minimum atomic E-state index is -4.44. The third-order valence-electron chi connectivity index (χ3n) is 8.69. The Kier molecular flexibility index (Phi) is 13.3. The number of halogens is 3. The van der Waals surface area contributed by atoms with E-state index in [1.54, 1.807) is 12.1 Å². The molecule has 1 saturated heterocycles. The van der Waals surface area contributed by atoms with E-state index in [9.17, 15) is 22.8 Å². The number of likely N-dealkylation sites (tertiary alicyclic amines) is 1. The second-order valence-corrected chi connectivity index (χ2v) is 14.1. The van der Waals surface area contributed by atoms with Gasteiger partial charge in [0.05, 0.1) is 49.6 Å². The third kappa shape index (κ3) is 11.0. The van der Waals surface area contributed by atoms with Gasteiger partial charge in [-0.2, -0.15) is 13.2 Å². The van der Waals surface area contributed by atoms with Crippen LogP contribution in [0.2, 0.25) is 0 Å². The van der Waals surface area contributed by atoms with Gasteiger partial charge in [0.25, 0.3) is 0 Å². The molecule has 10 heteroatoms. The molecule has 1 aromatic heterocycles. The number of thiophene rings is 1. The highest BCUT2D eigenvalue weighted by Gasteiger charge is 2.40. The lowest BCUT2D eigenvalue weighted by molar-refractivity contribution is -0.137. The van der Waals surface area contributed by atoms with E-state index in [4.69, 9.17) is 14.2 Å². The van der Waals surface area contributed by atoms with E-state index in [0.29, 0.717) is 62.3 Å². The van der Waals surface area contributed by atoms with Crippen LogP contribution < -0.4 is 0 Å². The number of benzene rings is 3. The van der Waals surface area contributed by atoms with Crippen LogP contribution in [0.1, 0.15) is 76.3 Å². The Morgan fingerprint density at radius 2 is 1.58 bits per heavy atom. The lowest BCUT2D eigenvalue weighted by atomic mass is 9.98. The summed E-state index contributed by atoms with van der Waals surface area (Å²) in [4.78, 5) is 29.3. The van der Waals surface area contributed by atoms with E-state index < -0.39 is 11.7 Å². The number of hydrogen-bond donors (Lipinski definition) is 0. The highest BCUT2D eigenvalue weighted by atomic mass is 32.1. The number of alkyl halides is 3. The summed E-state index contributed by atoms with van der Waals surface area (Å²) in [5.41, 5.74) is 1.84. The second-order valence-electron chi connectivity index (χ2n) is 12.9. The van der Waals surface area contributed by atoms with E-state index in [-0.39, 0.29) is 42.7 Å². The molecule has 0 spiro atoms. The average molecular weight is 708 g/mol. The van der Waals surface area contributed by atoms with Gasteiger partial charge in [-0.05, 0) is 80.8 Å². The summed E-state index contributed by atoms with van der Waals surface area (Å²) < 4.78 is 58.7. The Balaban J connectivity index is 1.29. The van der Waals surface area contributed by atoms with Gasteiger partial charge in [0.1, 0.15) is 4.88 Å². The molecule has 0 bridgehead atoms. The molecule has 0 N–H and O–H groups in total. The van der Waals surface area contributed by atoms with Crippen molar-refractivity contribution in [2.45, 2.75) is 96.1 Å². The highest BCUT2D eigenvalue weighted by molar-refractivity contribution is 7.13. The number of esters is 1. The Hall–Kier alpha value is -3.99. The molecule has 1 amide bonds. The molecule has 3 aromatic carbocycles. The molecule has 50 heavy (non-hydrogen) atoms. The SMILES string of the molecule is CC(C)OC(=O)c1ccc(CCCN2C(=O)C[C@@H](OCc3ccccc3)[C@@H]2CC[C@H](Cc2cccc(C(F)(F)F)c2)OCc2ccccc2)s1. The van der Waals surface area contributed by atoms with Crippen LogP contribution in [0.3, 0.4) is 0 Å². The van der Waals surface area contributed by atoms with E-state index >= 15 is 0 Å². The molecule has 6 nitrogen and oxygen atoms in total. The van der Waals surface area contributed by atoms with Crippen molar-refractivity contribution in [3.8, 4) is 0 Å². The summed E-state index contributed by atoms with van der Waals surface area (Å²) in [5.74, 6) is -0.321. The van der Waals surface area contributed by atoms with Crippen LogP contribution in [0.5, 0.6) is 0 Å². The first-order chi connectivity index (χ1) is 24.0. The van der Waals surface area contributed by atoms with Crippen LogP contribution in [0, 0.1) is 0 Å². The van der Waals surface area contributed by atoms with Gasteiger partial charge in [0.15, 0.2) is 0 Å². The van der Waals surface area contributed by atoms with Gasteiger partial charge in [-0.1, -0.05) is 78.9 Å². The molecule has 0 unspecified atom stereocenters. The number of amides is 1. The maximum atomic E-state index is 13.5. The predicted molar refractivity (Wildman–Crippen MR) is 188 cm³/mol. The molecular weight excluding hydrogens is 664 g/mol. The van der Waals surface area contributed by atoms with Gasteiger partial charge in [-0.3, -0.25) is 4.79 Å². The zero-order chi connectivity index (χ0) is 35.5. The summed E-state index contributed by atoms with van der Waals surface area (Å²) in [6.07, 6.45) is -2.33. The Bertz CT molecular complexity index is 1660. The molecule has 0 radical (unpaired) electrons. The summed E-state index contributed by atoms with van der Waals surface area (Å²) in [6, 6.07) is 28.4. The number of hydrogen-bond acceptors (Lipinski definition) is 6. The smallest absolute Gasteiger partial charge is 0.416 e. The number of ether oxygens (including phenoxy) is 3. The molecule has 3 atom stereocenters. The fourth-order valence-electron chi connectivity index (χ4n) is 6.24. The van der Waals surface area contributed by atoms with Gasteiger partial charge in [0.2, 0.25) is 5.91 Å². The third-order valence-corrected chi connectivity index (χ3v) is 9.82. The lowest BCUT2D eigenvalue weighted by Crippen LogP contribution is -2.39. The van der Waals surface area contributed by atoms with Gasteiger partial charge in [-0.25, -0.2) is 4.79 Å². The number of rotatable bonds is 17. The van der Waals surface area contributed by atoms with Crippen LogP contribution in [0.25, 0.3) is 0 Å². The molecular formula is C40H44F3NO5S. The van der Waals surface area contributed by atoms with Gasteiger partial charge in [0, 0.05) is 11.4 Å². The van der Waals surface area contributed by atoms with Crippen molar-refractivity contribution in [2.75, 3.05) is 6.54 Å². The fraction of sp³-hybridized carbons (Fsp3) is 0.400. The zero-order valence-corrected chi connectivity index (χ0v) is 29.3. The number of carbonyl (C=O) groups is 2. The molecule has 5 rings (SSSR count). The normalized spacial score (nSPS) is 17.0. The maximum absolute atomic E-state index is 13.5. The predicted octanol–water partition coefficient (Wildman–Crippen LogP) is 9.06. The van der Waals surface area contributed by atoms with Gasteiger partial charge >= 0.3 is 12.1 Å². The molecule has 0 aliphatic carbocycles. The summed E-state index contributed by atoms with van der Waals surface area (Å²) in [6.45, 7) is 4.83. The first-order valence-corrected chi connectivity index (χ1v) is 17.9. The first kappa shape index (κ1) is 37.3. The van der Waals surface area contributed by atoms with Crippen molar-refractivity contribution in [1.82, 2.24) is 4.90 Å². The van der Waals surface area contributed by atoms with Crippen molar-refractivity contribution in [3.05, 3.63) is 129 Å². The number of nitrogens with zero attached hydrogens (tertiary/aromatic N) is 1. The average Bonchev–Trinajstić information content (AvgIpc) is 3.69. The van der Waals surface area contributed by atoms with Crippen molar-refractivity contribution < 1.29 is 37.0 Å². The highest BCUT2D eigenvalue weighted by Crippen LogP contribution is 2.32. The number of aryl methyl sites for hydroxylation is 1. The van der Waals surface area contributed by atoms with Crippen LogP contribution >= 0.6 is 11.3 Å². The van der Waals surface area contributed by atoms with Crippen LogP contribution in [-0.2, 0) is 51.2 Å². The maximum Gasteiger partial charge on any atom is 0.416 e. The topological polar surface area (TPSA) is 65.1 Å². The quantitative estimate of drug-likeness (QED) is 0.103. The van der Waals surface area contributed by atoms with Crippen molar-refractivity contribution in [2.24, 2.45) is 0 Å². The van der Waals surface area contributed by atoms with Crippen LogP contribution in [0.15, 0.2) is 97.1 Å². The minimum absolute atomic E-state index is 0.0140. The molecule has 1 aliphatic rings. The minimum Gasteiger partial charge on any atom is -0.459 e. The largest absolute Gasteiger partial charge is 0.459 e. The summed E-state index contributed by atoms with van der Waals surface area (Å²) >= 11 is 1.40. The van der Waals surface area contributed by atoms with Crippen molar-refractivity contribution >= 4 is 23.2 Å². The summed E-state index contributed by atoms with van der Waals surface area (Å²) in [7, 11) is 0. The molecule has 2 heterocycles. The molecule has 266 valence electrons. The van der Waals surface area contributed by atoms with E-state index in [1.807, 2.05) is 85.5 Å². The monoisotopic (exact) mass is 707 g/mol.